The van der Waals surface area contributed by atoms with Crippen LogP contribution in [0.4, 0.5) is 13.2 Å². The monoisotopic (exact) mass is 669 g/mol. The summed E-state index contributed by atoms with van der Waals surface area (Å²) in [7, 11) is 0. The third-order valence-electron chi connectivity index (χ3n) is 8.45. The number of nitrogens with zero attached hydrogens (tertiary/aromatic N) is 3. The number of carbonyl (C=O) groups is 2. The van der Waals surface area contributed by atoms with E-state index in [-0.39, 0.29) is 24.6 Å². The number of aliphatic hydroxyl groups excluding tert-OH is 1. The highest BCUT2D eigenvalue weighted by molar-refractivity contribution is 5.98. The lowest BCUT2D eigenvalue weighted by Gasteiger charge is -2.27. The largest absolute Gasteiger partial charge is 0.490 e. The van der Waals surface area contributed by atoms with Crippen LogP contribution in [0.3, 0.4) is 0 Å². The van der Waals surface area contributed by atoms with Gasteiger partial charge in [0.25, 0.3) is 11.8 Å². The molecule has 0 saturated heterocycles. The van der Waals surface area contributed by atoms with Crippen molar-refractivity contribution in [3.63, 3.8) is 0 Å². The zero-order valence-electron chi connectivity index (χ0n) is 27.9. The molecule has 2 aromatic carbocycles. The quantitative estimate of drug-likeness (QED) is 0.149. The van der Waals surface area contributed by atoms with Gasteiger partial charge in [-0.25, -0.2) is 0 Å². The number of halogens is 3. The van der Waals surface area contributed by atoms with E-state index in [0.29, 0.717) is 56.1 Å². The van der Waals surface area contributed by atoms with Crippen molar-refractivity contribution in [3.05, 3.63) is 95.3 Å². The third kappa shape index (κ3) is 9.25. The topological polar surface area (TPSA) is 109 Å². The summed E-state index contributed by atoms with van der Waals surface area (Å²) in [5, 5.41) is 22.1. The molecule has 3 N–H and O–H groups in total. The first-order valence-corrected chi connectivity index (χ1v) is 16.6. The van der Waals surface area contributed by atoms with Crippen molar-refractivity contribution in [2.45, 2.75) is 83.3 Å². The highest BCUT2D eigenvalue weighted by Crippen LogP contribution is 2.46. The molecule has 2 atom stereocenters. The van der Waals surface area contributed by atoms with Crippen LogP contribution in [-0.4, -0.2) is 70.0 Å². The minimum absolute atomic E-state index is 0.00395. The number of nitrogens with one attached hydrogen (secondary N) is 2. The number of benzene rings is 2. The Bertz CT molecular complexity index is 1550. The molecule has 3 aromatic rings. The van der Waals surface area contributed by atoms with Crippen molar-refractivity contribution in [1.29, 1.82) is 0 Å². The fraction of sp³-hybridized carbons (Fsp3) is 0.472. The molecule has 9 nitrogen and oxygen atoms in total. The van der Waals surface area contributed by atoms with Gasteiger partial charge in [0.2, 0.25) is 0 Å². The number of amides is 2. The molecular formula is C36H46F3N5O4. The van der Waals surface area contributed by atoms with Crippen molar-refractivity contribution in [2.24, 2.45) is 0 Å². The van der Waals surface area contributed by atoms with Gasteiger partial charge in [0.15, 0.2) is 5.69 Å². The summed E-state index contributed by atoms with van der Waals surface area (Å²) >= 11 is 0. The lowest BCUT2D eigenvalue weighted by Crippen LogP contribution is -2.50. The van der Waals surface area contributed by atoms with Crippen LogP contribution in [0.15, 0.2) is 67.3 Å². The Morgan fingerprint density at radius 3 is 2.44 bits per heavy atom. The standard InChI is InChI=1S/C36H46F3N5O4/c1-5-17-43(18-6-2)34(47)31-23-30(42-44(31)8-4)33(46)41-29(21-25-11-9-14-28(20-25)48-19-7-3)32(45)24-40-35(15-16-35)26-12-10-13-27(22-26)36(37,38)39/h7,9-14,20,22-23,29,32,40,45H,3,5-6,8,15-19,21,24H2,1-2,4H3,(H,41,46)/t29-,32+/m0/s1. The van der Waals surface area contributed by atoms with Crippen LogP contribution >= 0.6 is 0 Å². The smallest absolute Gasteiger partial charge is 0.416 e. The zero-order valence-corrected chi connectivity index (χ0v) is 27.9. The number of aromatic nitrogens is 2. The second-order valence-corrected chi connectivity index (χ2v) is 12.2. The summed E-state index contributed by atoms with van der Waals surface area (Å²) in [6.45, 7) is 11.4. The summed E-state index contributed by atoms with van der Waals surface area (Å²) in [4.78, 5) is 28.8. The summed E-state index contributed by atoms with van der Waals surface area (Å²) in [6, 6.07) is 13.2. The molecule has 0 unspecified atom stereocenters. The van der Waals surface area contributed by atoms with Gasteiger partial charge in [-0.15, -0.1) is 0 Å². The van der Waals surface area contributed by atoms with Crippen LogP contribution in [0, 0.1) is 0 Å². The normalized spacial score (nSPS) is 15.0. The molecule has 1 saturated carbocycles. The van der Waals surface area contributed by atoms with Gasteiger partial charge in [-0.05, 0) is 74.4 Å². The Labute approximate surface area is 280 Å². The summed E-state index contributed by atoms with van der Waals surface area (Å²) in [5.74, 6) is -0.162. The molecule has 4 rings (SSSR count). The molecule has 1 aliphatic carbocycles. The molecule has 0 spiro atoms. The van der Waals surface area contributed by atoms with E-state index in [9.17, 15) is 27.9 Å². The maximum atomic E-state index is 13.7. The molecule has 0 bridgehead atoms. The predicted molar refractivity (Wildman–Crippen MR) is 178 cm³/mol. The first-order chi connectivity index (χ1) is 22.9. The zero-order chi connectivity index (χ0) is 34.9. The van der Waals surface area contributed by atoms with Crippen LogP contribution < -0.4 is 15.4 Å². The van der Waals surface area contributed by atoms with Gasteiger partial charge in [0.1, 0.15) is 18.1 Å². The SMILES string of the molecule is C=CCOc1cccc(C[C@H](NC(=O)c2cc(C(=O)N(CCC)CCC)n(CC)n2)[C@H](O)CNC2(c3cccc(C(F)(F)F)c3)CC2)c1. The number of aryl methyl sites for hydroxylation is 1. The number of rotatable bonds is 18. The Kier molecular flexibility index (Phi) is 12.4. The fourth-order valence-electron chi connectivity index (χ4n) is 5.78. The van der Waals surface area contributed by atoms with Gasteiger partial charge in [-0.2, -0.15) is 18.3 Å². The number of carbonyl (C=O) groups excluding carboxylic acids is 2. The number of hydrogen-bond acceptors (Lipinski definition) is 6. The molecule has 1 heterocycles. The molecule has 48 heavy (non-hydrogen) atoms. The second kappa shape index (κ2) is 16.3. The molecule has 1 aliphatic rings. The van der Waals surface area contributed by atoms with E-state index < -0.39 is 35.3 Å². The van der Waals surface area contributed by atoms with Gasteiger partial charge in [-0.1, -0.05) is 50.8 Å². The van der Waals surface area contributed by atoms with Gasteiger partial charge >= 0.3 is 6.18 Å². The van der Waals surface area contributed by atoms with Crippen molar-refractivity contribution >= 4 is 11.8 Å². The van der Waals surface area contributed by atoms with Crippen LogP contribution in [0.1, 0.15) is 84.1 Å². The van der Waals surface area contributed by atoms with Crippen LogP contribution in [-0.2, 0) is 24.7 Å². The lowest BCUT2D eigenvalue weighted by molar-refractivity contribution is -0.137. The molecule has 1 fully saturated rings. The number of aliphatic hydroxyl groups is 1. The number of ether oxygens (including phenoxy) is 1. The van der Waals surface area contributed by atoms with E-state index in [4.69, 9.17) is 4.74 Å². The Hall–Kier alpha value is -4.16. The van der Waals surface area contributed by atoms with Crippen molar-refractivity contribution < 1.29 is 32.6 Å². The molecule has 2 amide bonds. The van der Waals surface area contributed by atoms with Crippen LogP contribution in [0.2, 0.25) is 0 Å². The lowest BCUT2D eigenvalue weighted by atomic mass is 9.98. The van der Waals surface area contributed by atoms with Crippen molar-refractivity contribution in [1.82, 2.24) is 25.3 Å². The first kappa shape index (κ1) is 36.7. The summed E-state index contributed by atoms with van der Waals surface area (Å²) in [5.41, 5.74) is 0.211. The molecule has 0 aliphatic heterocycles. The highest BCUT2D eigenvalue weighted by atomic mass is 19.4. The van der Waals surface area contributed by atoms with Gasteiger partial charge in [0, 0.05) is 37.8 Å². The Morgan fingerprint density at radius 2 is 1.81 bits per heavy atom. The van der Waals surface area contributed by atoms with E-state index in [2.05, 4.69) is 22.3 Å². The summed E-state index contributed by atoms with van der Waals surface area (Å²) in [6.07, 6.45) is -0.945. The highest BCUT2D eigenvalue weighted by Gasteiger charge is 2.45. The number of hydrogen-bond donors (Lipinski definition) is 3. The molecule has 0 radical (unpaired) electrons. The minimum Gasteiger partial charge on any atom is -0.490 e. The average Bonchev–Trinajstić information content (AvgIpc) is 3.74. The van der Waals surface area contributed by atoms with Crippen molar-refractivity contribution in [3.8, 4) is 5.75 Å². The average molecular weight is 670 g/mol. The minimum atomic E-state index is -4.47. The Balaban J connectivity index is 1.56. The van der Waals surface area contributed by atoms with E-state index >= 15 is 0 Å². The van der Waals surface area contributed by atoms with E-state index in [0.717, 1.165) is 30.5 Å². The third-order valence-corrected chi connectivity index (χ3v) is 8.45. The van der Waals surface area contributed by atoms with E-state index in [1.807, 2.05) is 39.0 Å². The second-order valence-electron chi connectivity index (χ2n) is 12.2. The van der Waals surface area contributed by atoms with Crippen LogP contribution in [0.5, 0.6) is 5.75 Å². The van der Waals surface area contributed by atoms with Gasteiger partial charge < -0.3 is 25.4 Å². The molecule has 12 heteroatoms. The first-order valence-electron chi connectivity index (χ1n) is 16.6. The maximum absolute atomic E-state index is 13.7. The maximum Gasteiger partial charge on any atom is 0.416 e. The van der Waals surface area contributed by atoms with E-state index in [1.165, 1.54) is 16.8 Å². The summed E-state index contributed by atoms with van der Waals surface area (Å²) < 4.78 is 47.4. The predicted octanol–water partition coefficient (Wildman–Crippen LogP) is 5.73. The fourth-order valence-corrected chi connectivity index (χ4v) is 5.78. The molecular weight excluding hydrogens is 623 g/mol. The molecule has 260 valence electrons. The van der Waals surface area contributed by atoms with Crippen molar-refractivity contribution in [2.75, 3.05) is 26.2 Å². The Morgan fingerprint density at radius 1 is 1.10 bits per heavy atom. The van der Waals surface area contributed by atoms with Gasteiger partial charge in [-0.3, -0.25) is 14.3 Å². The molecule has 1 aromatic heterocycles. The van der Waals surface area contributed by atoms with E-state index in [1.54, 1.807) is 23.1 Å². The van der Waals surface area contributed by atoms with Gasteiger partial charge in [0.05, 0.1) is 17.7 Å². The number of alkyl halides is 3. The van der Waals surface area contributed by atoms with Crippen LogP contribution in [0.25, 0.3) is 0 Å².